The second-order valence-electron chi connectivity index (χ2n) is 14.0. The Bertz CT molecular complexity index is 2130. The molecule has 4 nitrogen and oxygen atoms in total. The minimum atomic E-state index is -4.36. The van der Waals surface area contributed by atoms with Gasteiger partial charge in [0.1, 0.15) is 0 Å². The number of amides is 2. The van der Waals surface area contributed by atoms with E-state index in [1.165, 1.54) is 30.8 Å². The average molecular weight is 948 g/mol. The first-order valence-electron chi connectivity index (χ1n) is 19.5. The van der Waals surface area contributed by atoms with Crippen LogP contribution in [0.1, 0.15) is 101 Å². The molecule has 60 heavy (non-hydrogen) atoms. The van der Waals surface area contributed by atoms with Crippen molar-refractivity contribution in [3.8, 4) is 22.3 Å². The van der Waals surface area contributed by atoms with Gasteiger partial charge in [-0.15, -0.1) is 69.1 Å². The van der Waals surface area contributed by atoms with E-state index in [9.17, 15) is 35.9 Å². The van der Waals surface area contributed by atoms with Gasteiger partial charge in [0.25, 0.3) is 0 Å². The normalized spacial score (nSPS) is 12.0. The van der Waals surface area contributed by atoms with Gasteiger partial charge in [-0.1, -0.05) is 114 Å². The summed E-state index contributed by atoms with van der Waals surface area (Å²) in [5, 5.41) is 8.57. The van der Waals surface area contributed by atoms with Crippen LogP contribution in [0.4, 0.5) is 26.3 Å². The number of fused-ring (bicyclic) bond motifs is 2. The fraction of sp³-hybridized carbons (Fsp3) is 0.304. The Morgan fingerprint density at radius 3 is 1.25 bits per heavy atom. The molecule has 0 fully saturated rings. The molecule has 0 aromatic heterocycles. The van der Waals surface area contributed by atoms with E-state index in [2.05, 4.69) is 50.3 Å². The van der Waals surface area contributed by atoms with Crippen molar-refractivity contribution < 1.29 is 56.8 Å². The summed E-state index contributed by atoms with van der Waals surface area (Å²) < 4.78 is 79.9. The fourth-order valence-electron chi connectivity index (χ4n) is 6.36. The summed E-state index contributed by atoms with van der Waals surface area (Å²) in [6.45, 7) is 12.0. The van der Waals surface area contributed by atoms with E-state index < -0.39 is 44.3 Å². The maximum absolute atomic E-state index is 13.3. The summed E-state index contributed by atoms with van der Waals surface area (Å²) >= 11 is -0.826. The topological polar surface area (TPSA) is 58.2 Å². The quantitative estimate of drug-likeness (QED) is 0.0817. The molecule has 6 aromatic carbocycles. The van der Waals surface area contributed by atoms with Crippen molar-refractivity contribution in [1.82, 2.24) is 10.5 Å². The molecule has 0 saturated heterocycles. The minimum absolute atomic E-state index is 0.110. The van der Waals surface area contributed by atoms with Gasteiger partial charge in [-0.3, -0.25) is 9.59 Å². The zero-order valence-corrected chi connectivity index (χ0v) is 38.3. The number of hydrogen-bond donors (Lipinski definition) is 2. The third-order valence-electron chi connectivity index (χ3n) is 10.1. The van der Waals surface area contributed by atoms with E-state index in [-0.39, 0.29) is 22.9 Å². The number of nitrogens with one attached hydrogen (secondary N) is 2. The zero-order chi connectivity index (χ0) is 44.6. The van der Waals surface area contributed by atoms with Crippen molar-refractivity contribution in [1.29, 1.82) is 0 Å². The Kier molecular flexibility index (Phi) is 20.2. The maximum atomic E-state index is 13.3. The molecule has 0 spiro atoms. The molecule has 6 rings (SSSR count). The molecule has 2 unspecified atom stereocenters. The van der Waals surface area contributed by atoms with Crippen LogP contribution in [0.2, 0.25) is 0 Å². The number of benzene rings is 4. The van der Waals surface area contributed by atoms with Crippen LogP contribution in [-0.2, 0) is 42.8 Å². The second kappa shape index (κ2) is 24.0. The van der Waals surface area contributed by atoms with Crippen LogP contribution in [0, 0.1) is 0 Å². The van der Waals surface area contributed by atoms with Gasteiger partial charge in [0, 0.05) is 12.8 Å². The van der Waals surface area contributed by atoms with Crippen molar-refractivity contribution >= 4 is 57.9 Å². The Labute approximate surface area is 368 Å². The van der Waals surface area contributed by atoms with Crippen molar-refractivity contribution in [2.75, 3.05) is 0 Å². The first-order valence-corrected chi connectivity index (χ1v) is 25.9. The Morgan fingerprint density at radius 1 is 0.600 bits per heavy atom. The van der Waals surface area contributed by atoms with Crippen LogP contribution >= 0.6 is 17.0 Å². The van der Waals surface area contributed by atoms with E-state index in [1.54, 1.807) is 50.2 Å². The van der Waals surface area contributed by atoms with Gasteiger partial charge < -0.3 is 10.5 Å². The van der Waals surface area contributed by atoms with E-state index in [0.29, 0.717) is 35.8 Å². The van der Waals surface area contributed by atoms with Crippen LogP contribution in [-0.4, -0.2) is 19.4 Å². The van der Waals surface area contributed by atoms with Crippen LogP contribution in [0.15, 0.2) is 109 Å². The van der Waals surface area contributed by atoms with Crippen molar-refractivity contribution in [2.24, 2.45) is 0 Å². The van der Waals surface area contributed by atoms with E-state index >= 15 is 0 Å². The first-order chi connectivity index (χ1) is 28.4. The molecule has 2 N–H and O–H groups in total. The number of halogens is 8. The summed E-state index contributed by atoms with van der Waals surface area (Å²) in [7, 11) is 11.1. The molecule has 2 amide bonds. The third kappa shape index (κ3) is 14.1. The number of hydrogen-bond acceptors (Lipinski definition) is 2. The molecule has 0 saturated carbocycles. The summed E-state index contributed by atoms with van der Waals surface area (Å²) in [5.41, 5.74) is 2.96. The molecule has 317 valence electrons. The monoisotopic (exact) mass is 945 g/mol. The van der Waals surface area contributed by atoms with Gasteiger partial charge in [-0.2, -0.15) is 38.5 Å². The van der Waals surface area contributed by atoms with Gasteiger partial charge >= 0.3 is 57.8 Å². The fourth-order valence-corrected chi connectivity index (χ4v) is 6.36. The molecular formula is C46H48BCl2F6N2O2Zr. The predicted octanol–water partition coefficient (Wildman–Crippen LogP) is 14.5. The molecule has 2 atom stereocenters. The number of carbonyl (C=O) groups excluding carboxylic acids is 2. The molecule has 0 aliphatic carbocycles. The van der Waals surface area contributed by atoms with E-state index in [0.717, 1.165) is 46.5 Å². The Balaban J connectivity index is 0.000000247. The molecule has 0 aliphatic heterocycles. The summed E-state index contributed by atoms with van der Waals surface area (Å²) in [6.07, 6.45) is -5.87. The molecular weight excluding hydrogens is 899 g/mol. The molecule has 14 heteroatoms. The van der Waals surface area contributed by atoms with E-state index in [1.807, 2.05) is 36.4 Å². The Hall–Kier alpha value is -3.85. The molecule has 0 heterocycles. The molecule has 6 aromatic rings. The molecule has 1 radical (unpaired) electrons. The van der Waals surface area contributed by atoms with E-state index in [4.69, 9.17) is 17.0 Å². The third-order valence-corrected chi connectivity index (χ3v) is 10.1. The van der Waals surface area contributed by atoms with Crippen molar-refractivity contribution in [3.05, 3.63) is 131 Å². The van der Waals surface area contributed by atoms with Gasteiger partial charge in [0.05, 0.1) is 11.1 Å². The van der Waals surface area contributed by atoms with Gasteiger partial charge in [-0.25, -0.2) is 0 Å². The predicted molar refractivity (Wildman–Crippen MR) is 232 cm³/mol. The van der Waals surface area contributed by atoms with Crippen molar-refractivity contribution in [2.45, 2.75) is 91.4 Å². The van der Waals surface area contributed by atoms with Crippen LogP contribution in [0.25, 0.3) is 43.8 Å². The Morgan fingerprint density at radius 2 is 0.933 bits per heavy atom. The number of rotatable bonds is 10. The second-order valence-corrected chi connectivity index (χ2v) is 17.7. The van der Waals surface area contributed by atoms with Crippen LogP contribution < -0.4 is 10.5 Å². The van der Waals surface area contributed by atoms with Crippen molar-refractivity contribution in [3.63, 3.8) is 0 Å². The molecule has 0 bridgehead atoms. The van der Waals surface area contributed by atoms with Gasteiger partial charge in [-0.05, 0) is 35.1 Å². The summed E-state index contributed by atoms with van der Waals surface area (Å²) in [5.74, 6) is 0.573. The summed E-state index contributed by atoms with van der Waals surface area (Å²) in [6, 6.07) is 30.9. The van der Waals surface area contributed by atoms with Crippen LogP contribution in [0.3, 0.4) is 0 Å². The SMILES string of the molecule is CCC(=O)N[B]NC(=O)CC.CCC(C)c1cc2c(-c3ccccc3C(F)(F)F)cccc2[cH-]1.CCC(C)c1cc2c(-c3ccccc3C(F)(F)F)cccc2[cH-]1.[Cl][Zr+2][Cl]. The molecule has 0 aliphatic rings. The zero-order valence-electron chi connectivity index (χ0n) is 34.3. The van der Waals surface area contributed by atoms with Gasteiger partial charge in [0.15, 0.2) is 0 Å². The standard InChI is InChI=1S/2C20H18F3.C6H12BN2O2.2ClH.Zr/c2*1-3-13(2)15-11-14-7-6-9-16(18(14)12-15)17-8-4-5-10-19(17)20(21,22)23;1-3-5(10)8-7-9-6(11)4-2;;;/h2*4-13H,3H2,1-2H3;3-4H2,1-2H3,(H,8,10)(H,9,11);2*1H;/q2*-1;;;;+4/p-2. The van der Waals surface area contributed by atoms with Gasteiger partial charge in [0.2, 0.25) is 11.8 Å². The summed E-state index contributed by atoms with van der Waals surface area (Å²) in [4.78, 5) is 21.2. The number of alkyl halides is 6. The number of carbonyl (C=O) groups is 2. The average Bonchev–Trinajstić information content (AvgIpc) is 3.88. The van der Waals surface area contributed by atoms with Crippen LogP contribution in [0.5, 0.6) is 0 Å². The first kappa shape index (κ1) is 50.5.